The molecule has 0 spiro atoms. The van der Waals surface area contributed by atoms with Crippen LogP contribution in [0.2, 0.25) is 0 Å². The largest absolute Gasteiger partial charge is 0.298 e. The Bertz CT molecular complexity index is 391. The number of likely N-dealkylation sites (tertiary alicyclic amines) is 1. The third-order valence-corrected chi connectivity index (χ3v) is 4.10. The minimum atomic E-state index is 0.169. The molecule has 1 aromatic rings. The van der Waals surface area contributed by atoms with Crippen LogP contribution in [0.15, 0.2) is 30.3 Å². The van der Waals surface area contributed by atoms with Gasteiger partial charge < -0.3 is 0 Å². The molecule has 19 heavy (non-hydrogen) atoms. The molecule has 0 N–H and O–H groups in total. The minimum absolute atomic E-state index is 0.169. The van der Waals surface area contributed by atoms with Crippen LogP contribution in [0.25, 0.3) is 0 Å². The van der Waals surface area contributed by atoms with Gasteiger partial charge >= 0.3 is 0 Å². The van der Waals surface area contributed by atoms with Crippen molar-refractivity contribution in [2.45, 2.75) is 33.1 Å². The molecule has 0 saturated carbocycles. The molecule has 1 aliphatic heterocycles. The third kappa shape index (κ3) is 4.46. The van der Waals surface area contributed by atoms with Gasteiger partial charge in [0.25, 0.3) is 0 Å². The smallest absolute Gasteiger partial charge is 0.149 e. The fraction of sp³-hybridized carbons (Fsp3) is 0.588. The summed E-state index contributed by atoms with van der Waals surface area (Å²) in [6.45, 7) is 6.79. The van der Waals surface area contributed by atoms with Crippen LogP contribution in [0.5, 0.6) is 0 Å². The summed E-state index contributed by atoms with van der Waals surface area (Å²) in [7, 11) is 0. The lowest BCUT2D eigenvalue weighted by atomic mass is 9.90. The van der Waals surface area contributed by atoms with E-state index < -0.39 is 0 Å². The van der Waals surface area contributed by atoms with Crippen LogP contribution in [-0.2, 0) is 11.2 Å². The van der Waals surface area contributed by atoms with Gasteiger partial charge in [-0.05, 0) is 43.8 Å². The van der Waals surface area contributed by atoms with Crippen molar-refractivity contribution in [1.29, 1.82) is 0 Å². The Labute approximate surface area is 116 Å². The molecule has 0 aliphatic carbocycles. The van der Waals surface area contributed by atoms with Gasteiger partial charge in [0.05, 0.1) is 6.54 Å². The molecule has 2 rings (SSSR count). The van der Waals surface area contributed by atoms with Gasteiger partial charge in [-0.3, -0.25) is 9.69 Å². The van der Waals surface area contributed by atoms with Crippen LogP contribution in [-0.4, -0.2) is 30.3 Å². The first-order chi connectivity index (χ1) is 9.15. The molecule has 0 aromatic heterocycles. The monoisotopic (exact) mass is 259 g/mol. The third-order valence-electron chi connectivity index (χ3n) is 4.10. The van der Waals surface area contributed by atoms with E-state index >= 15 is 0 Å². The molecule has 0 unspecified atom stereocenters. The van der Waals surface area contributed by atoms with Crippen LogP contribution >= 0.6 is 0 Å². The number of piperidine rings is 1. The first-order valence-corrected chi connectivity index (χ1v) is 7.44. The van der Waals surface area contributed by atoms with Crippen molar-refractivity contribution < 1.29 is 4.79 Å². The van der Waals surface area contributed by atoms with Gasteiger partial charge in [0.2, 0.25) is 0 Å². The van der Waals surface area contributed by atoms with Crippen molar-refractivity contribution in [3.63, 3.8) is 0 Å². The maximum absolute atomic E-state index is 11.7. The zero-order chi connectivity index (χ0) is 13.7. The van der Waals surface area contributed by atoms with E-state index in [0.29, 0.717) is 12.3 Å². The van der Waals surface area contributed by atoms with Crippen LogP contribution in [0, 0.1) is 11.8 Å². The standard InChI is InChI=1S/C17H25NO/c1-14(2)17(19)13-18-10-8-16(9-11-18)12-15-6-4-3-5-7-15/h3-7,14,16H,8-13H2,1-2H3. The van der Waals surface area contributed by atoms with Crippen molar-refractivity contribution in [1.82, 2.24) is 4.90 Å². The average molecular weight is 259 g/mol. The maximum atomic E-state index is 11.7. The Morgan fingerprint density at radius 1 is 1.21 bits per heavy atom. The molecule has 104 valence electrons. The molecule has 2 heteroatoms. The quantitative estimate of drug-likeness (QED) is 0.809. The highest BCUT2D eigenvalue weighted by molar-refractivity contribution is 5.82. The van der Waals surface area contributed by atoms with E-state index in [1.54, 1.807) is 0 Å². The highest BCUT2D eigenvalue weighted by atomic mass is 16.1. The van der Waals surface area contributed by atoms with Crippen molar-refractivity contribution in [2.24, 2.45) is 11.8 Å². The molecule has 1 saturated heterocycles. The molecule has 1 fully saturated rings. The molecule has 0 atom stereocenters. The summed E-state index contributed by atoms with van der Waals surface area (Å²) >= 11 is 0. The molecular weight excluding hydrogens is 234 g/mol. The van der Waals surface area contributed by atoms with E-state index in [1.165, 1.54) is 24.8 Å². The number of rotatable bonds is 5. The lowest BCUT2D eigenvalue weighted by molar-refractivity contribution is -0.123. The lowest BCUT2D eigenvalue weighted by Crippen LogP contribution is -2.38. The summed E-state index contributed by atoms with van der Waals surface area (Å²) < 4.78 is 0. The highest BCUT2D eigenvalue weighted by Crippen LogP contribution is 2.21. The Morgan fingerprint density at radius 3 is 2.42 bits per heavy atom. The molecular formula is C17H25NO. The van der Waals surface area contributed by atoms with Gasteiger partial charge in [-0.2, -0.15) is 0 Å². The minimum Gasteiger partial charge on any atom is -0.298 e. The van der Waals surface area contributed by atoms with Crippen LogP contribution in [0.3, 0.4) is 0 Å². The summed E-state index contributed by atoms with van der Waals surface area (Å²) in [6.07, 6.45) is 3.63. The van der Waals surface area contributed by atoms with E-state index in [1.807, 2.05) is 13.8 Å². The summed E-state index contributed by atoms with van der Waals surface area (Å²) in [6, 6.07) is 10.7. The number of Topliss-reactive ketones (excluding diaryl/α,β-unsaturated/α-hetero) is 1. The number of carbonyl (C=O) groups is 1. The highest BCUT2D eigenvalue weighted by Gasteiger charge is 2.21. The number of ketones is 1. The normalized spacial score (nSPS) is 17.8. The predicted molar refractivity (Wildman–Crippen MR) is 79.2 cm³/mol. The number of benzene rings is 1. The summed E-state index contributed by atoms with van der Waals surface area (Å²) in [5.41, 5.74) is 1.44. The van der Waals surface area contributed by atoms with E-state index in [0.717, 1.165) is 19.0 Å². The second-order valence-electron chi connectivity index (χ2n) is 6.03. The Morgan fingerprint density at radius 2 is 1.84 bits per heavy atom. The van der Waals surface area contributed by atoms with Crippen molar-refractivity contribution in [3.8, 4) is 0 Å². The number of nitrogens with zero attached hydrogens (tertiary/aromatic N) is 1. The Kier molecular flexibility index (Phi) is 5.15. The molecule has 2 nitrogen and oxygen atoms in total. The number of carbonyl (C=O) groups excluding carboxylic acids is 1. The van der Waals surface area contributed by atoms with Gasteiger partial charge in [-0.1, -0.05) is 44.2 Å². The zero-order valence-electron chi connectivity index (χ0n) is 12.1. The molecule has 0 amide bonds. The van der Waals surface area contributed by atoms with Crippen molar-refractivity contribution in [2.75, 3.05) is 19.6 Å². The van der Waals surface area contributed by atoms with E-state index in [4.69, 9.17) is 0 Å². The van der Waals surface area contributed by atoms with E-state index in [2.05, 4.69) is 35.2 Å². The topological polar surface area (TPSA) is 20.3 Å². The van der Waals surface area contributed by atoms with Crippen LogP contribution in [0.4, 0.5) is 0 Å². The van der Waals surface area contributed by atoms with E-state index in [-0.39, 0.29) is 5.92 Å². The summed E-state index contributed by atoms with van der Waals surface area (Å²) in [5.74, 6) is 1.33. The first-order valence-electron chi connectivity index (χ1n) is 7.44. The van der Waals surface area contributed by atoms with Gasteiger partial charge in [0.1, 0.15) is 5.78 Å². The second-order valence-corrected chi connectivity index (χ2v) is 6.03. The molecule has 1 aromatic carbocycles. The number of hydrogen-bond donors (Lipinski definition) is 0. The number of hydrogen-bond acceptors (Lipinski definition) is 2. The fourth-order valence-corrected chi connectivity index (χ4v) is 2.70. The first kappa shape index (κ1) is 14.3. The van der Waals surface area contributed by atoms with E-state index in [9.17, 15) is 4.79 Å². The van der Waals surface area contributed by atoms with Crippen LogP contribution < -0.4 is 0 Å². The van der Waals surface area contributed by atoms with Gasteiger partial charge in [0.15, 0.2) is 0 Å². The summed E-state index contributed by atoms with van der Waals surface area (Å²) in [4.78, 5) is 14.1. The maximum Gasteiger partial charge on any atom is 0.149 e. The van der Waals surface area contributed by atoms with Crippen LogP contribution in [0.1, 0.15) is 32.3 Å². The van der Waals surface area contributed by atoms with Crippen molar-refractivity contribution in [3.05, 3.63) is 35.9 Å². The fourth-order valence-electron chi connectivity index (χ4n) is 2.70. The zero-order valence-corrected chi connectivity index (χ0v) is 12.1. The predicted octanol–water partition coefficient (Wildman–Crippen LogP) is 3.17. The van der Waals surface area contributed by atoms with Gasteiger partial charge in [-0.15, -0.1) is 0 Å². The molecule has 0 bridgehead atoms. The van der Waals surface area contributed by atoms with Gasteiger partial charge in [-0.25, -0.2) is 0 Å². The molecule has 1 aliphatic rings. The second kappa shape index (κ2) is 6.85. The van der Waals surface area contributed by atoms with Crippen molar-refractivity contribution >= 4 is 5.78 Å². The lowest BCUT2D eigenvalue weighted by Gasteiger charge is -2.31. The average Bonchev–Trinajstić information content (AvgIpc) is 2.42. The Hall–Kier alpha value is -1.15. The molecule has 1 heterocycles. The Balaban J connectivity index is 1.75. The SMILES string of the molecule is CC(C)C(=O)CN1CCC(Cc2ccccc2)CC1. The summed E-state index contributed by atoms with van der Waals surface area (Å²) in [5, 5.41) is 0. The molecule has 0 radical (unpaired) electrons. The van der Waals surface area contributed by atoms with Gasteiger partial charge in [0, 0.05) is 5.92 Å².